The first-order valence-corrected chi connectivity index (χ1v) is 5.57. The van der Waals surface area contributed by atoms with E-state index < -0.39 is 5.91 Å². The highest BCUT2D eigenvalue weighted by Gasteiger charge is 2.08. The van der Waals surface area contributed by atoms with Gasteiger partial charge in [0.1, 0.15) is 24.1 Å². The van der Waals surface area contributed by atoms with Crippen LogP contribution >= 0.6 is 0 Å². The number of carbonyl (C=O) groups is 1. The third-order valence-corrected chi connectivity index (χ3v) is 2.49. The lowest BCUT2D eigenvalue weighted by molar-refractivity contribution is 0.0996. The molecule has 2 rings (SSSR count). The zero-order valence-electron chi connectivity index (χ0n) is 10.0. The number of ether oxygens (including phenoxy) is 1. The smallest absolute Gasteiger partial charge is 0.252 e. The predicted octanol–water partition coefficient (Wildman–Crippen LogP) is 1.63. The van der Waals surface area contributed by atoms with Gasteiger partial charge in [0, 0.05) is 6.20 Å². The number of benzene rings is 1. The largest absolute Gasteiger partial charge is 0.488 e. The minimum Gasteiger partial charge on any atom is -0.488 e. The number of hydrogen-bond donors (Lipinski definition) is 1. The number of rotatable bonds is 4. The quantitative estimate of drug-likeness (QED) is 0.896. The summed E-state index contributed by atoms with van der Waals surface area (Å²) in [6.07, 6.45) is 1.54. The lowest BCUT2D eigenvalue weighted by Gasteiger charge is -2.09. The molecule has 1 amide bonds. The molecule has 0 spiro atoms. The first-order chi connectivity index (χ1) is 9.20. The van der Waals surface area contributed by atoms with Crippen LogP contribution in [0.15, 0.2) is 42.6 Å². The zero-order valence-corrected chi connectivity index (χ0v) is 10.0. The topological polar surface area (TPSA) is 89.0 Å². The Balaban J connectivity index is 2.15. The first kappa shape index (κ1) is 12.6. The molecule has 0 radical (unpaired) electrons. The summed E-state index contributed by atoms with van der Waals surface area (Å²) in [4.78, 5) is 15.1. The van der Waals surface area contributed by atoms with Gasteiger partial charge in [-0.2, -0.15) is 5.26 Å². The number of pyridine rings is 1. The van der Waals surface area contributed by atoms with Crippen LogP contribution in [0.25, 0.3) is 0 Å². The molecule has 5 heteroatoms. The fourth-order valence-electron chi connectivity index (χ4n) is 1.58. The molecule has 5 nitrogen and oxygen atoms in total. The molecule has 0 saturated heterocycles. The van der Waals surface area contributed by atoms with Crippen LogP contribution in [0.2, 0.25) is 0 Å². The number of carbonyl (C=O) groups excluding carboxylic acids is 1. The summed E-state index contributed by atoms with van der Waals surface area (Å²) in [6.45, 7) is 0.238. The molecule has 0 aliphatic rings. The zero-order chi connectivity index (χ0) is 13.7. The number of para-hydroxylation sites is 1. The summed E-state index contributed by atoms with van der Waals surface area (Å²) >= 11 is 0. The summed E-state index contributed by atoms with van der Waals surface area (Å²) in [5.41, 5.74) is 6.71. The van der Waals surface area contributed by atoms with Gasteiger partial charge in [0.05, 0.1) is 5.56 Å². The molecule has 0 aliphatic heterocycles. The second kappa shape index (κ2) is 5.65. The van der Waals surface area contributed by atoms with E-state index >= 15 is 0 Å². The van der Waals surface area contributed by atoms with Gasteiger partial charge in [-0.25, -0.2) is 4.98 Å². The second-order valence-electron chi connectivity index (χ2n) is 3.81. The van der Waals surface area contributed by atoms with E-state index in [9.17, 15) is 4.79 Å². The van der Waals surface area contributed by atoms with E-state index in [-0.39, 0.29) is 6.61 Å². The summed E-state index contributed by atoms with van der Waals surface area (Å²) in [7, 11) is 0. The van der Waals surface area contributed by atoms with Crippen molar-refractivity contribution in [2.24, 2.45) is 5.73 Å². The summed E-state index contributed by atoms with van der Waals surface area (Å²) < 4.78 is 5.55. The maximum Gasteiger partial charge on any atom is 0.252 e. The predicted molar refractivity (Wildman–Crippen MR) is 68.2 cm³/mol. The molecular formula is C14H11N3O2. The average Bonchev–Trinajstić information content (AvgIpc) is 2.45. The fourth-order valence-corrected chi connectivity index (χ4v) is 1.58. The van der Waals surface area contributed by atoms with E-state index in [4.69, 9.17) is 15.7 Å². The lowest BCUT2D eigenvalue weighted by Crippen LogP contribution is -2.12. The van der Waals surface area contributed by atoms with Crippen LogP contribution in [-0.2, 0) is 6.61 Å². The summed E-state index contributed by atoms with van der Waals surface area (Å²) in [5, 5.41) is 8.75. The van der Waals surface area contributed by atoms with Gasteiger partial charge in [0.15, 0.2) is 0 Å². The third kappa shape index (κ3) is 3.07. The monoisotopic (exact) mass is 253 g/mol. The number of nitrogens with zero attached hydrogens (tertiary/aromatic N) is 2. The van der Waals surface area contributed by atoms with Crippen molar-refractivity contribution in [2.45, 2.75) is 6.61 Å². The van der Waals surface area contributed by atoms with E-state index in [1.165, 1.54) is 6.20 Å². The Morgan fingerprint density at radius 2 is 2.16 bits per heavy atom. The number of nitrogens with two attached hydrogens (primary N) is 1. The van der Waals surface area contributed by atoms with Gasteiger partial charge in [0.2, 0.25) is 0 Å². The standard InChI is InChI=1S/C14H11N3O2/c15-8-11-7-10(5-6-17-11)9-19-13-4-2-1-3-12(13)14(16)18/h1-7H,9H2,(H2,16,18). The van der Waals surface area contributed by atoms with Crippen molar-refractivity contribution in [3.63, 3.8) is 0 Å². The fraction of sp³-hybridized carbons (Fsp3) is 0.0714. The van der Waals surface area contributed by atoms with Crippen molar-refractivity contribution in [3.8, 4) is 11.8 Å². The lowest BCUT2D eigenvalue weighted by atomic mass is 10.2. The minimum absolute atomic E-state index is 0.238. The van der Waals surface area contributed by atoms with Crippen molar-refractivity contribution >= 4 is 5.91 Å². The average molecular weight is 253 g/mol. The van der Waals surface area contributed by atoms with Crippen LogP contribution in [0.3, 0.4) is 0 Å². The molecule has 0 atom stereocenters. The van der Waals surface area contributed by atoms with Gasteiger partial charge < -0.3 is 10.5 Å². The van der Waals surface area contributed by atoms with Gasteiger partial charge in [-0.15, -0.1) is 0 Å². The molecule has 0 bridgehead atoms. The molecule has 1 heterocycles. The highest BCUT2D eigenvalue weighted by Crippen LogP contribution is 2.18. The Hall–Kier alpha value is -2.87. The molecule has 19 heavy (non-hydrogen) atoms. The Labute approximate surface area is 110 Å². The van der Waals surface area contributed by atoms with E-state index in [1.807, 2.05) is 6.07 Å². The van der Waals surface area contributed by atoms with Gasteiger partial charge in [-0.3, -0.25) is 4.79 Å². The first-order valence-electron chi connectivity index (χ1n) is 5.57. The molecule has 0 aliphatic carbocycles. The van der Waals surface area contributed by atoms with E-state index in [1.54, 1.807) is 36.4 Å². The number of hydrogen-bond acceptors (Lipinski definition) is 4. The van der Waals surface area contributed by atoms with Crippen molar-refractivity contribution in [1.82, 2.24) is 4.98 Å². The Kier molecular flexibility index (Phi) is 3.74. The Morgan fingerprint density at radius 3 is 2.89 bits per heavy atom. The number of amides is 1. The number of primary amides is 1. The Bertz CT molecular complexity index is 647. The van der Waals surface area contributed by atoms with Crippen molar-refractivity contribution in [1.29, 1.82) is 5.26 Å². The van der Waals surface area contributed by atoms with Crippen LogP contribution in [0.1, 0.15) is 21.6 Å². The van der Waals surface area contributed by atoms with Gasteiger partial charge in [-0.05, 0) is 29.8 Å². The summed E-state index contributed by atoms with van der Waals surface area (Å²) in [6, 6.07) is 12.1. The van der Waals surface area contributed by atoms with Crippen LogP contribution in [0, 0.1) is 11.3 Å². The highest BCUT2D eigenvalue weighted by atomic mass is 16.5. The van der Waals surface area contributed by atoms with Crippen LogP contribution in [-0.4, -0.2) is 10.9 Å². The van der Waals surface area contributed by atoms with Gasteiger partial charge >= 0.3 is 0 Å². The van der Waals surface area contributed by atoms with E-state index in [2.05, 4.69) is 4.98 Å². The van der Waals surface area contributed by atoms with Crippen LogP contribution in [0.5, 0.6) is 5.75 Å². The van der Waals surface area contributed by atoms with Crippen LogP contribution in [0.4, 0.5) is 0 Å². The molecule has 94 valence electrons. The molecule has 1 aromatic carbocycles. The van der Waals surface area contributed by atoms with Crippen molar-refractivity contribution in [2.75, 3.05) is 0 Å². The normalized spacial score (nSPS) is 9.63. The molecule has 1 aromatic heterocycles. The molecule has 0 unspecified atom stereocenters. The molecule has 2 N–H and O–H groups in total. The van der Waals surface area contributed by atoms with Crippen molar-refractivity contribution < 1.29 is 9.53 Å². The molecular weight excluding hydrogens is 242 g/mol. The van der Waals surface area contributed by atoms with Gasteiger partial charge in [0.25, 0.3) is 5.91 Å². The Morgan fingerprint density at radius 1 is 1.37 bits per heavy atom. The number of nitriles is 1. The highest BCUT2D eigenvalue weighted by molar-refractivity contribution is 5.95. The van der Waals surface area contributed by atoms with Gasteiger partial charge in [-0.1, -0.05) is 12.1 Å². The second-order valence-corrected chi connectivity index (χ2v) is 3.81. The van der Waals surface area contributed by atoms with Crippen LogP contribution < -0.4 is 10.5 Å². The molecule has 0 saturated carbocycles. The maximum absolute atomic E-state index is 11.2. The molecule has 0 fully saturated rings. The minimum atomic E-state index is -0.539. The van der Waals surface area contributed by atoms with E-state index in [0.717, 1.165) is 5.56 Å². The van der Waals surface area contributed by atoms with E-state index in [0.29, 0.717) is 17.0 Å². The summed E-state index contributed by atoms with van der Waals surface area (Å²) in [5.74, 6) is -0.117. The maximum atomic E-state index is 11.2. The van der Waals surface area contributed by atoms with Crippen molar-refractivity contribution in [3.05, 3.63) is 59.4 Å². The molecule has 2 aromatic rings. The third-order valence-electron chi connectivity index (χ3n) is 2.49. The number of aromatic nitrogens is 1. The SMILES string of the molecule is N#Cc1cc(COc2ccccc2C(N)=O)ccn1.